The Kier molecular flexibility index (Phi) is 10.6. The van der Waals surface area contributed by atoms with Crippen LogP contribution in [0.4, 0.5) is 17.5 Å². The van der Waals surface area contributed by atoms with E-state index in [1.807, 2.05) is 18.3 Å². The Hall–Kier alpha value is -4.88. The van der Waals surface area contributed by atoms with Crippen molar-refractivity contribution in [2.75, 3.05) is 70.1 Å². The highest BCUT2D eigenvalue weighted by molar-refractivity contribution is 6.01. The van der Waals surface area contributed by atoms with Crippen LogP contribution in [-0.2, 0) is 16.0 Å². The summed E-state index contributed by atoms with van der Waals surface area (Å²) in [6, 6.07) is 15.3. The summed E-state index contributed by atoms with van der Waals surface area (Å²) in [7, 11) is 3.58. The van der Waals surface area contributed by atoms with Crippen molar-refractivity contribution in [1.29, 1.82) is 0 Å². The molecule has 3 saturated heterocycles. The summed E-state index contributed by atoms with van der Waals surface area (Å²) in [6.07, 6.45) is 12.5. The minimum absolute atomic E-state index is 0.0136. The molecule has 1 saturated carbocycles. The number of carbonyl (C=O) groups is 3. The van der Waals surface area contributed by atoms with Crippen LogP contribution < -0.4 is 15.5 Å². The summed E-state index contributed by atoms with van der Waals surface area (Å²) in [4.78, 5) is 60.3. The summed E-state index contributed by atoms with van der Waals surface area (Å²) in [5.74, 6) is 0.578. The monoisotopic (exact) mass is 732 g/mol. The summed E-state index contributed by atoms with van der Waals surface area (Å²) < 4.78 is 2.13. The largest absolute Gasteiger partial charge is 0.369 e. The smallest absolute Gasteiger partial charge is 0.270 e. The lowest BCUT2D eigenvalue weighted by Gasteiger charge is -2.43. The molecule has 1 unspecified atom stereocenters. The van der Waals surface area contributed by atoms with E-state index in [9.17, 15) is 14.4 Å². The zero-order chi connectivity index (χ0) is 37.2. The number of nitrogens with one attached hydrogen (secondary N) is 2. The second-order valence-electron chi connectivity index (χ2n) is 15.6. The summed E-state index contributed by atoms with van der Waals surface area (Å²) in [5.41, 5.74) is 4.86. The second-order valence-corrected chi connectivity index (χ2v) is 15.6. The Morgan fingerprint density at radius 2 is 1.63 bits per heavy atom. The maximum Gasteiger partial charge on any atom is 0.270 e. The lowest BCUT2D eigenvalue weighted by Crippen LogP contribution is -2.53. The molecule has 8 rings (SSSR count). The van der Waals surface area contributed by atoms with Crippen molar-refractivity contribution in [2.45, 2.75) is 75.8 Å². The van der Waals surface area contributed by atoms with E-state index in [1.54, 1.807) is 25.2 Å². The Balaban J connectivity index is 0.789. The lowest BCUT2D eigenvalue weighted by atomic mass is 9.90. The number of benzene rings is 1. The minimum Gasteiger partial charge on any atom is -0.369 e. The van der Waals surface area contributed by atoms with Crippen LogP contribution in [0.3, 0.4) is 0 Å². The number of imide groups is 1. The molecule has 0 radical (unpaired) electrons. The van der Waals surface area contributed by atoms with E-state index in [-0.39, 0.29) is 29.7 Å². The third-order valence-corrected chi connectivity index (χ3v) is 12.0. The molecule has 3 aliphatic heterocycles. The van der Waals surface area contributed by atoms with E-state index in [1.165, 1.54) is 36.9 Å². The molecule has 1 aromatic carbocycles. The van der Waals surface area contributed by atoms with E-state index in [2.05, 4.69) is 65.2 Å². The lowest BCUT2D eigenvalue weighted by molar-refractivity contribution is -0.134. The highest BCUT2D eigenvalue weighted by Gasteiger charge is 2.30. The van der Waals surface area contributed by atoms with Gasteiger partial charge in [0.25, 0.3) is 5.91 Å². The minimum atomic E-state index is -0.236. The average molecular weight is 733 g/mol. The molecule has 4 fully saturated rings. The molecule has 2 N–H and O–H groups in total. The number of likely N-dealkylation sites (tertiary alicyclic amines) is 1. The zero-order valence-corrected chi connectivity index (χ0v) is 31.5. The van der Waals surface area contributed by atoms with Crippen LogP contribution in [-0.4, -0.2) is 118 Å². The van der Waals surface area contributed by atoms with Crippen LogP contribution in [0.1, 0.15) is 84.9 Å². The number of amides is 3. The van der Waals surface area contributed by atoms with Gasteiger partial charge in [-0.1, -0.05) is 31.0 Å². The van der Waals surface area contributed by atoms with Gasteiger partial charge in [0.05, 0.1) is 5.92 Å². The summed E-state index contributed by atoms with van der Waals surface area (Å²) in [6.45, 7) is 7.39. The van der Waals surface area contributed by atoms with Gasteiger partial charge in [0.2, 0.25) is 17.8 Å². The van der Waals surface area contributed by atoms with Gasteiger partial charge in [-0.25, -0.2) is 9.97 Å². The first-order valence-corrected chi connectivity index (χ1v) is 19.8. The van der Waals surface area contributed by atoms with Crippen LogP contribution in [0.15, 0.2) is 54.9 Å². The quantitative estimate of drug-likeness (QED) is 0.221. The van der Waals surface area contributed by atoms with E-state index in [0.717, 1.165) is 81.7 Å². The number of anilines is 3. The number of piperidine rings is 2. The topological polar surface area (TPSA) is 132 Å². The molecule has 284 valence electrons. The van der Waals surface area contributed by atoms with Crippen molar-refractivity contribution in [3.8, 4) is 0 Å². The molecule has 4 aromatic rings. The first-order valence-electron chi connectivity index (χ1n) is 19.8. The normalized spacial score (nSPS) is 20.8. The van der Waals surface area contributed by atoms with Crippen molar-refractivity contribution in [1.82, 2.24) is 39.5 Å². The number of hydrogen-bond acceptors (Lipinski definition) is 10. The molecule has 0 bridgehead atoms. The molecule has 3 aromatic heterocycles. The molecule has 54 heavy (non-hydrogen) atoms. The van der Waals surface area contributed by atoms with Crippen LogP contribution in [0, 0.1) is 0 Å². The fraction of sp³-hybridized carbons (Fsp3) is 0.512. The highest BCUT2D eigenvalue weighted by Crippen LogP contribution is 2.35. The van der Waals surface area contributed by atoms with Crippen molar-refractivity contribution in [3.63, 3.8) is 0 Å². The Bertz CT molecular complexity index is 1960. The van der Waals surface area contributed by atoms with Gasteiger partial charge in [-0.05, 0) is 87.0 Å². The third kappa shape index (κ3) is 7.83. The number of nitrogens with zero attached hydrogens (tertiary/aromatic N) is 8. The van der Waals surface area contributed by atoms with Crippen molar-refractivity contribution >= 4 is 46.2 Å². The van der Waals surface area contributed by atoms with Crippen LogP contribution >= 0.6 is 0 Å². The van der Waals surface area contributed by atoms with Crippen LogP contribution in [0.2, 0.25) is 0 Å². The standard InChI is InChI=1S/C41H52N10O3/c1-47(2)40(54)35-25-30-27-43-41(46-38(30)51(35)33-5-3-4-6-33)44-36-13-7-28(26-42-36)15-18-48-19-16-32(17-20-48)50-23-21-49(22-24-50)31-10-8-29(9-11-31)34-12-14-37(52)45-39(34)53/h7-11,13,25-27,32-34H,3-6,12,14-24H2,1-2H3,(H,45,52,53)(H,42,43,44,46). The van der Waals surface area contributed by atoms with Gasteiger partial charge in [0, 0.05) is 88.8 Å². The average Bonchev–Trinajstić information content (AvgIpc) is 3.86. The molecule has 3 amide bonds. The maximum atomic E-state index is 13.0. The van der Waals surface area contributed by atoms with E-state index in [0.29, 0.717) is 36.3 Å². The van der Waals surface area contributed by atoms with Gasteiger partial charge in [-0.2, -0.15) is 4.98 Å². The van der Waals surface area contributed by atoms with E-state index < -0.39 is 0 Å². The molecule has 4 aliphatic rings. The number of fused-ring (bicyclic) bond motifs is 1. The van der Waals surface area contributed by atoms with Gasteiger partial charge in [0.1, 0.15) is 17.2 Å². The Morgan fingerprint density at radius 1 is 0.870 bits per heavy atom. The maximum absolute atomic E-state index is 13.0. The highest BCUT2D eigenvalue weighted by atomic mass is 16.2. The number of pyridine rings is 1. The van der Waals surface area contributed by atoms with Crippen molar-refractivity contribution in [3.05, 3.63) is 71.7 Å². The van der Waals surface area contributed by atoms with Crippen LogP contribution in [0.5, 0.6) is 0 Å². The van der Waals surface area contributed by atoms with E-state index in [4.69, 9.17) is 9.97 Å². The number of carbonyl (C=O) groups excluding carboxylic acids is 3. The Labute approximate surface area is 317 Å². The van der Waals surface area contributed by atoms with Crippen molar-refractivity contribution in [2.24, 2.45) is 0 Å². The number of hydrogen-bond donors (Lipinski definition) is 2. The predicted octanol–water partition coefficient (Wildman–Crippen LogP) is 4.74. The number of piperazine rings is 1. The SMILES string of the molecule is CN(C)C(=O)c1cc2cnc(Nc3ccc(CCN4CCC(N5CCN(c6ccc(C7CCC(=O)NC7=O)cc6)CC5)CC4)cn3)nc2n1C1CCCC1. The van der Waals surface area contributed by atoms with Crippen molar-refractivity contribution < 1.29 is 14.4 Å². The van der Waals surface area contributed by atoms with Gasteiger partial charge in [0.15, 0.2) is 0 Å². The predicted molar refractivity (Wildman–Crippen MR) is 209 cm³/mol. The molecular weight excluding hydrogens is 681 g/mol. The third-order valence-electron chi connectivity index (χ3n) is 12.0. The molecule has 13 heteroatoms. The molecular formula is C41H52N10O3. The number of aromatic nitrogens is 4. The van der Waals surface area contributed by atoms with Gasteiger partial charge in [-0.15, -0.1) is 0 Å². The first-order chi connectivity index (χ1) is 26.3. The zero-order valence-electron chi connectivity index (χ0n) is 31.5. The van der Waals surface area contributed by atoms with E-state index >= 15 is 0 Å². The summed E-state index contributed by atoms with van der Waals surface area (Å²) in [5, 5.41) is 6.64. The Morgan fingerprint density at radius 3 is 2.31 bits per heavy atom. The van der Waals surface area contributed by atoms with Crippen LogP contribution in [0.25, 0.3) is 11.0 Å². The fourth-order valence-corrected chi connectivity index (χ4v) is 8.82. The van der Waals surface area contributed by atoms with Gasteiger partial charge < -0.3 is 24.6 Å². The molecule has 6 heterocycles. The molecule has 13 nitrogen and oxygen atoms in total. The molecule has 0 spiro atoms. The summed E-state index contributed by atoms with van der Waals surface area (Å²) >= 11 is 0. The molecule has 1 atom stereocenters. The molecule has 1 aliphatic carbocycles. The second kappa shape index (κ2) is 15.8. The van der Waals surface area contributed by atoms with Gasteiger partial charge >= 0.3 is 0 Å². The number of rotatable bonds is 10. The fourth-order valence-electron chi connectivity index (χ4n) is 8.82. The first kappa shape index (κ1) is 36.1. The van der Waals surface area contributed by atoms with Gasteiger partial charge in [-0.3, -0.25) is 24.6 Å².